The molecule has 5 nitrogen and oxygen atoms in total. The van der Waals surface area contributed by atoms with Crippen LogP contribution in [0.15, 0.2) is 30.5 Å². The summed E-state index contributed by atoms with van der Waals surface area (Å²) in [7, 11) is 0. The van der Waals surface area contributed by atoms with Gasteiger partial charge >= 0.3 is 5.97 Å². The molecule has 1 aromatic heterocycles. The van der Waals surface area contributed by atoms with Gasteiger partial charge in [0.2, 0.25) is 0 Å². The topological polar surface area (TPSA) is 62.7 Å². The van der Waals surface area contributed by atoms with Crippen LogP contribution < -0.4 is 0 Å². The second kappa shape index (κ2) is 6.96. The second-order valence-electron chi connectivity index (χ2n) is 5.97. The molecule has 0 unspecified atom stereocenters. The fourth-order valence-corrected chi connectivity index (χ4v) is 3.25. The van der Waals surface area contributed by atoms with Crippen LogP contribution in [0.2, 0.25) is 0 Å². The molecule has 1 saturated heterocycles. The summed E-state index contributed by atoms with van der Waals surface area (Å²) in [4.78, 5) is 18.5. The Balaban J connectivity index is 1.77. The van der Waals surface area contributed by atoms with E-state index in [4.69, 9.17) is 4.74 Å². The number of carbonyl (C=O) groups is 1. The average Bonchev–Trinajstić information content (AvgIpc) is 2.58. The highest BCUT2D eigenvalue weighted by Crippen LogP contribution is 2.27. The molecule has 0 radical (unpaired) electrons. The number of hydrogen-bond donors (Lipinski definition) is 1. The lowest BCUT2D eigenvalue weighted by molar-refractivity contribution is -0.150. The van der Waals surface area contributed by atoms with E-state index in [2.05, 4.69) is 9.88 Å². The van der Waals surface area contributed by atoms with E-state index in [9.17, 15) is 9.90 Å². The number of pyridine rings is 1. The number of benzene rings is 1. The Morgan fingerprint density at radius 1 is 1.43 bits per heavy atom. The summed E-state index contributed by atoms with van der Waals surface area (Å²) in [6.07, 6.45) is 3.58. The first kappa shape index (κ1) is 15.7. The number of phenols is 1. The van der Waals surface area contributed by atoms with Crippen LogP contribution in [0.4, 0.5) is 0 Å². The largest absolute Gasteiger partial charge is 0.506 e. The molecule has 1 aromatic carbocycles. The quantitative estimate of drug-likeness (QED) is 0.879. The Hall–Kier alpha value is -2.14. The van der Waals surface area contributed by atoms with Gasteiger partial charge in [0, 0.05) is 24.7 Å². The van der Waals surface area contributed by atoms with Gasteiger partial charge in [-0.15, -0.1) is 0 Å². The van der Waals surface area contributed by atoms with Gasteiger partial charge < -0.3 is 9.84 Å². The number of likely N-dealkylation sites (tertiary alicyclic amines) is 1. The number of esters is 1. The average molecular weight is 314 g/mol. The minimum absolute atomic E-state index is 0.0368. The van der Waals surface area contributed by atoms with Crippen LogP contribution in [0, 0.1) is 5.92 Å². The van der Waals surface area contributed by atoms with E-state index in [0.29, 0.717) is 12.1 Å². The molecule has 1 aliphatic rings. The Morgan fingerprint density at radius 2 is 2.30 bits per heavy atom. The van der Waals surface area contributed by atoms with E-state index in [1.54, 1.807) is 12.3 Å². The van der Waals surface area contributed by atoms with Crippen LogP contribution in [0.3, 0.4) is 0 Å². The molecule has 5 heteroatoms. The maximum absolute atomic E-state index is 12.0. The number of aromatic nitrogens is 1. The summed E-state index contributed by atoms with van der Waals surface area (Å²) in [5.74, 6) is 0.0760. The molecule has 3 rings (SSSR count). The van der Waals surface area contributed by atoms with Crippen molar-refractivity contribution in [1.29, 1.82) is 0 Å². The molecule has 0 spiro atoms. The van der Waals surface area contributed by atoms with E-state index in [0.717, 1.165) is 43.4 Å². The number of carbonyl (C=O) groups excluding carboxylic acids is 1. The van der Waals surface area contributed by atoms with Crippen LogP contribution in [0.1, 0.15) is 25.3 Å². The fraction of sp³-hybridized carbons (Fsp3) is 0.444. The molecule has 1 atom stereocenters. The second-order valence-corrected chi connectivity index (χ2v) is 5.97. The monoisotopic (exact) mass is 314 g/mol. The van der Waals surface area contributed by atoms with Crippen molar-refractivity contribution in [3.8, 4) is 5.75 Å². The van der Waals surface area contributed by atoms with Gasteiger partial charge in [-0.05, 0) is 44.0 Å². The van der Waals surface area contributed by atoms with Gasteiger partial charge in [-0.25, -0.2) is 0 Å². The Morgan fingerprint density at radius 3 is 3.13 bits per heavy atom. The molecule has 2 aromatic rings. The highest BCUT2D eigenvalue weighted by atomic mass is 16.5. The molecule has 2 heterocycles. The third kappa shape index (κ3) is 3.45. The Labute approximate surface area is 135 Å². The van der Waals surface area contributed by atoms with Gasteiger partial charge in [-0.2, -0.15) is 0 Å². The smallest absolute Gasteiger partial charge is 0.310 e. The van der Waals surface area contributed by atoms with Crippen LogP contribution in [-0.4, -0.2) is 40.7 Å². The maximum Gasteiger partial charge on any atom is 0.310 e. The minimum Gasteiger partial charge on any atom is -0.506 e. The van der Waals surface area contributed by atoms with Crippen molar-refractivity contribution in [3.63, 3.8) is 0 Å². The van der Waals surface area contributed by atoms with Crippen LogP contribution in [-0.2, 0) is 16.1 Å². The molecule has 0 saturated carbocycles. The maximum atomic E-state index is 12.0. The van der Waals surface area contributed by atoms with Crippen molar-refractivity contribution in [2.75, 3.05) is 19.7 Å². The molecular weight excluding hydrogens is 292 g/mol. The standard InChI is InChI=1S/C18H22N2O3/c1-2-23-18(22)14-5-4-10-20(12-14)11-13-7-8-16(21)17-15(13)6-3-9-19-17/h3,6-9,14,21H,2,4-5,10-12H2,1H3/t14-/m0/s1. The summed E-state index contributed by atoms with van der Waals surface area (Å²) in [6.45, 7) is 4.72. The Kier molecular flexibility index (Phi) is 4.76. The number of piperidine rings is 1. The molecule has 1 fully saturated rings. The molecule has 122 valence electrons. The van der Waals surface area contributed by atoms with Crippen LogP contribution in [0.5, 0.6) is 5.75 Å². The van der Waals surface area contributed by atoms with E-state index in [1.165, 1.54) is 0 Å². The van der Waals surface area contributed by atoms with Crippen LogP contribution >= 0.6 is 0 Å². The zero-order valence-electron chi connectivity index (χ0n) is 13.4. The zero-order chi connectivity index (χ0) is 16.2. The van der Waals surface area contributed by atoms with Gasteiger partial charge in [0.05, 0.1) is 12.5 Å². The van der Waals surface area contributed by atoms with Crippen molar-refractivity contribution >= 4 is 16.9 Å². The molecule has 0 amide bonds. The number of phenolic OH excluding ortho intramolecular Hbond substituents is 1. The minimum atomic E-state index is -0.0885. The van der Waals surface area contributed by atoms with Gasteiger partial charge in [0.25, 0.3) is 0 Å². The molecule has 0 bridgehead atoms. The molecule has 1 N–H and O–H groups in total. The van der Waals surface area contributed by atoms with E-state index < -0.39 is 0 Å². The lowest BCUT2D eigenvalue weighted by Crippen LogP contribution is -2.38. The lowest BCUT2D eigenvalue weighted by Gasteiger charge is -2.31. The first-order chi connectivity index (χ1) is 11.2. The predicted octanol–water partition coefficient (Wildman–Crippen LogP) is 2.72. The van der Waals surface area contributed by atoms with Gasteiger partial charge in [0.15, 0.2) is 0 Å². The Bertz CT molecular complexity index is 702. The number of hydrogen-bond acceptors (Lipinski definition) is 5. The zero-order valence-corrected chi connectivity index (χ0v) is 13.4. The fourth-order valence-electron chi connectivity index (χ4n) is 3.25. The van der Waals surface area contributed by atoms with Crippen molar-refractivity contribution in [3.05, 3.63) is 36.0 Å². The number of nitrogens with zero attached hydrogens (tertiary/aromatic N) is 2. The third-order valence-corrected chi connectivity index (χ3v) is 4.36. The summed E-state index contributed by atoms with van der Waals surface area (Å²) >= 11 is 0. The SMILES string of the molecule is CCOC(=O)[C@H]1CCCN(Cc2ccc(O)c3ncccc23)C1. The summed E-state index contributed by atoms with van der Waals surface area (Å²) in [5, 5.41) is 10.9. The summed E-state index contributed by atoms with van der Waals surface area (Å²) < 4.78 is 5.16. The van der Waals surface area contributed by atoms with Crippen molar-refractivity contribution < 1.29 is 14.6 Å². The molecule has 1 aliphatic heterocycles. The highest BCUT2D eigenvalue weighted by molar-refractivity contribution is 5.87. The van der Waals surface area contributed by atoms with Gasteiger partial charge in [0.1, 0.15) is 11.3 Å². The first-order valence-corrected chi connectivity index (χ1v) is 8.13. The van der Waals surface area contributed by atoms with Crippen molar-refractivity contribution in [1.82, 2.24) is 9.88 Å². The summed E-state index contributed by atoms with van der Waals surface area (Å²) in [6, 6.07) is 7.48. The molecular formula is C18H22N2O3. The van der Waals surface area contributed by atoms with E-state index in [1.807, 2.05) is 25.1 Å². The van der Waals surface area contributed by atoms with Gasteiger partial charge in [-0.3, -0.25) is 14.7 Å². The van der Waals surface area contributed by atoms with E-state index >= 15 is 0 Å². The van der Waals surface area contributed by atoms with E-state index in [-0.39, 0.29) is 17.6 Å². The normalized spacial score (nSPS) is 18.9. The third-order valence-electron chi connectivity index (χ3n) is 4.36. The number of rotatable bonds is 4. The van der Waals surface area contributed by atoms with Crippen molar-refractivity contribution in [2.45, 2.75) is 26.3 Å². The highest BCUT2D eigenvalue weighted by Gasteiger charge is 2.27. The molecule has 0 aliphatic carbocycles. The number of fused-ring (bicyclic) bond motifs is 1. The molecule has 23 heavy (non-hydrogen) atoms. The summed E-state index contributed by atoms with van der Waals surface area (Å²) in [5.41, 5.74) is 1.75. The van der Waals surface area contributed by atoms with Crippen molar-refractivity contribution in [2.24, 2.45) is 5.92 Å². The first-order valence-electron chi connectivity index (χ1n) is 8.13. The van der Waals surface area contributed by atoms with Crippen LogP contribution in [0.25, 0.3) is 10.9 Å². The van der Waals surface area contributed by atoms with Gasteiger partial charge in [-0.1, -0.05) is 12.1 Å². The lowest BCUT2D eigenvalue weighted by atomic mass is 9.97. The number of aromatic hydroxyl groups is 1. The number of ether oxygens (including phenoxy) is 1. The predicted molar refractivity (Wildman–Crippen MR) is 88.0 cm³/mol.